The second-order valence-electron chi connectivity index (χ2n) is 3.94. The molecule has 88 valence electrons. The van der Waals surface area contributed by atoms with Crippen molar-refractivity contribution in [1.82, 2.24) is 4.98 Å². The Morgan fingerprint density at radius 2 is 2.44 bits per heavy atom. The van der Waals surface area contributed by atoms with Gasteiger partial charge in [-0.3, -0.25) is 4.98 Å². The molecule has 1 aliphatic rings. The minimum atomic E-state index is -0.0584. The monoisotopic (exact) mass is 223 g/mol. The summed E-state index contributed by atoms with van der Waals surface area (Å²) in [5.74, 6) is 0.744. The molecule has 0 radical (unpaired) electrons. The van der Waals surface area contributed by atoms with E-state index in [0.29, 0.717) is 12.3 Å². The number of hydrogen-bond acceptors (Lipinski definition) is 4. The summed E-state index contributed by atoms with van der Waals surface area (Å²) in [6, 6.07) is 3.55. The van der Waals surface area contributed by atoms with Crippen LogP contribution in [0.3, 0.4) is 0 Å². The van der Waals surface area contributed by atoms with E-state index in [2.05, 4.69) is 4.98 Å². The van der Waals surface area contributed by atoms with Gasteiger partial charge in [-0.2, -0.15) is 0 Å². The van der Waals surface area contributed by atoms with Crippen LogP contribution in [0.15, 0.2) is 18.3 Å². The van der Waals surface area contributed by atoms with Gasteiger partial charge in [0, 0.05) is 18.9 Å². The second-order valence-corrected chi connectivity index (χ2v) is 3.94. The second kappa shape index (κ2) is 5.82. The van der Waals surface area contributed by atoms with Crippen molar-refractivity contribution in [2.24, 2.45) is 0 Å². The van der Waals surface area contributed by atoms with Crippen molar-refractivity contribution in [3.8, 4) is 5.75 Å². The lowest BCUT2D eigenvalue weighted by Crippen LogP contribution is -2.25. The van der Waals surface area contributed by atoms with Crippen molar-refractivity contribution in [3.05, 3.63) is 24.0 Å². The van der Waals surface area contributed by atoms with Gasteiger partial charge in [0.15, 0.2) is 0 Å². The molecule has 0 saturated carbocycles. The van der Waals surface area contributed by atoms with Crippen molar-refractivity contribution >= 4 is 0 Å². The van der Waals surface area contributed by atoms with Gasteiger partial charge >= 0.3 is 0 Å². The molecule has 1 aliphatic heterocycles. The normalized spacial score (nSPS) is 20.7. The van der Waals surface area contributed by atoms with E-state index in [4.69, 9.17) is 14.6 Å². The molecule has 0 amide bonds. The first-order valence-electron chi connectivity index (χ1n) is 5.68. The summed E-state index contributed by atoms with van der Waals surface area (Å²) < 4.78 is 11.2. The lowest BCUT2D eigenvalue weighted by molar-refractivity contribution is -0.0111. The number of aliphatic hydroxyl groups excluding tert-OH is 1. The predicted molar refractivity (Wildman–Crippen MR) is 59.2 cm³/mol. The molecular weight excluding hydrogens is 206 g/mol. The molecule has 4 heteroatoms. The molecule has 1 fully saturated rings. The fourth-order valence-electron chi connectivity index (χ4n) is 1.76. The van der Waals surface area contributed by atoms with Gasteiger partial charge < -0.3 is 14.6 Å². The van der Waals surface area contributed by atoms with E-state index >= 15 is 0 Å². The molecule has 2 heterocycles. The number of hydrogen-bond donors (Lipinski definition) is 1. The largest absolute Gasteiger partial charge is 0.491 e. The lowest BCUT2D eigenvalue weighted by atomic mass is 10.1. The van der Waals surface area contributed by atoms with E-state index in [1.54, 1.807) is 18.3 Å². The molecule has 2 rings (SSSR count). The Kier molecular flexibility index (Phi) is 4.13. The van der Waals surface area contributed by atoms with Crippen LogP contribution in [0.25, 0.3) is 0 Å². The number of pyridine rings is 1. The van der Waals surface area contributed by atoms with Crippen LogP contribution in [0.5, 0.6) is 5.75 Å². The van der Waals surface area contributed by atoms with Gasteiger partial charge in [-0.15, -0.1) is 0 Å². The van der Waals surface area contributed by atoms with Gasteiger partial charge in [0.1, 0.15) is 12.4 Å². The van der Waals surface area contributed by atoms with Crippen LogP contribution in [0.2, 0.25) is 0 Å². The summed E-state index contributed by atoms with van der Waals surface area (Å²) in [6.07, 6.45) is 5.28. The van der Waals surface area contributed by atoms with E-state index in [1.807, 2.05) is 0 Å². The zero-order chi connectivity index (χ0) is 11.2. The first kappa shape index (κ1) is 11.4. The van der Waals surface area contributed by atoms with E-state index < -0.39 is 0 Å². The Morgan fingerprint density at radius 1 is 1.50 bits per heavy atom. The van der Waals surface area contributed by atoms with Crippen molar-refractivity contribution in [2.75, 3.05) is 13.2 Å². The maximum Gasteiger partial charge on any atom is 0.122 e. The van der Waals surface area contributed by atoms with Crippen LogP contribution in [-0.2, 0) is 11.3 Å². The standard InChI is InChI=1S/C12H17NO3/c14-8-10-7-11(4-5-13-10)16-9-12-3-1-2-6-15-12/h4-5,7,12,14H,1-3,6,8-9H2. The molecule has 1 saturated heterocycles. The van der Waals surface area contributed by atoms with E-state index in [0.717, 1.165) is 25.2 Å². The number of aliphatic hydroxyl groups is 1. The minimum Gasteiger partial charge on any atom is -0.491 e. The molecule has 0 spiro atoms. The third-order valence-corrected chi connectivity index (χ3v) is 2.66. The topological polar surface area (TPSA) is 51.6 Å². The number of aromatic nitrogens is 1. The Hall–Kier alpha value is -1.13. The molecule has 1 unspecified atom stereocenters. The quantitative estimate of drug-likeness (QED) is 0.840. The fraction of sp³-hybridized carbons (Fsp3) is 0.583. The summed E-state index contributed by atoms with van der Waals surface area (Å²) >= 11 is 0. The highest BCUT2D eigenvalue weighted by molar-refractivity contribution is 5.22. The number of ether oxygens (including phenoxy) is 2. The Balaban J connectivity index is 1.83. The van der Waals surface area contributed by atoms with E-state index in [-0.39, 0.29) is 12.7 Å². The Morgan fingerprint density at radius 3 is 3.19 bits per heavy atom. The average molecular weight is 223 g/mol. The summed E-state index contributed by atoms with van der Waals surface area (Å²) in [5, 5.41) is 8.94. The van der Waals surface area contributed by atoms with Crippen LogP contribution in [0.1, 0.15) is 25.0 Å². The lowest BCUT2D eigenvalue weighted by Gasteiger charge is -2.22. The predicted octanol–water partition coefficient (Wildman–Crippen LogP) is 1.52. The molecule has 16 heavy (non-hydrogen) atoms. The van der Waals surface area contributed by atoms with Crippen LogP contribution in [0.4, 0.5) is 0 Å². The molecule has 1 aromatic rings. The Labute approximate surface area is 95.2 Å². The maximum atomic E-state index is 8.94. The van der Waals surface area contributed by atoms with Crippen molar-refractivity contribution in [3.63, 3.8) is 0 Å². The highest BCUT2D eigenvalue weighted by atomic mass is 16.5. The molecule has 1 atom stereocenters. The third kappa shape index (κ3) is 3.18. The fourth-order valence-corrected chi connectivity index (χ4v) is 1.76. The minimum absolute atomic E-state index is 0.0584. The van der Waals surface area contributed by atoms with Gasteiger partial charge in [0.05, 0.1) is 18.4 Å². The van der Waals surface area contributed by atoms with Crippen molar-refractivity contribution < 1.29 is 14.6 Å². The van der Waals surface area contributed by atoms with Crippen LogP contribution in [-0.4, -0.2) is 29.4 Å². The SMILES string of the molecule is OCc1cc(OCC2CCCCO2)ccn1. The van der Waals surface area contributed by atoms with Crippen LogP contribution in [0, 0.1) is 0 Å². The van der Waals surface area contributed by atoms with E-state index in [9.17, 15) is 0 Å². The van der Waals surface area contributed by atoms with Gasteiger partial charge in [0.2, 0.25) is 0 Å². The summed E-state index contributed by atoms with van der Waals surface area (Å²) in [6.45, 7) is 1.36. The Bertz CT molecular complexity index is 324. The first-order chi connectivity index (χ1) is 7.88. The van der Waals surface area contributed by atoms with Gasteiger partial charge in [-0.25, -0.2) is 0 Å². The zero-order valence-corrected chi connectivity index (χ0v) is 9.26. The summed E-state index contributed by atoms with van der Waals surface area (Å²) in [4.78, 5) is 3.99. The van der Waals surface area contributed by atoms with Gasteiger partial charge in [0.25, 0.3) is 0 Å². The third-order valence-electron chi connectivity index (χ3n) is 2.66. The molecule has 1 aromatic heterocycles. The zero-order valence-electron chi connectivity index (χ0n) is 9.26. The first-order valence-corrected chi connectivity index (χ1v) is 5.68. The number of nitrogens with zero attached hydrogens (tertiary/aromatic N) is 1. The average Bonchev–Trinajstić information content (AvgIpc) is 2.38. The van der Waals surface area contributed by atoms with Crippen LogP contribution < -0.4 is 4.74 Å². The van der Waals surface area contributed by atoms with Gasteiger partial charge in [-0.05, 0) is 25.3 Å². The summed E-state index contributed by atoms with van der Waals surface area (Å²) in [7, 11) is 0. The smallest absolute Gasteiger partial charge is 0.122 e. The highest BCUT2D eigenvalue weighted by Gasteiger charge is 2.14. The highest BCUT2D eigenvalue weighted by Crippen LogP contribution is 2.16. The molecule has 1 N–H and O–H groups in total. The molecular formula is C12H17NO3. The summed E-state index contributed by atoms with van der Waals surface area (Å²) in [5.41, 5.74) is 0.627. The maximum absolute atomic E-state index is 8.94. The number of rotatable bonds is 4. The van der Waals surface area contributed by atoms with Crippen molar-refractivity contribution in [2.45, 2.75) is 32.0 Å². The van der Waals surface area contributed by atoms with Gasteiger partial charge in [-0.1, -0.05) is 0 Å². The van der Waals surface area contributed by atoms with Crippen molar-refractivity contribution in [1.29, 1.82) is 0 Å². The molecule has 0 aromatic carbocycles. The molecule has 0 aliphatic carbocycles. The molecule has 4 nitrogen and oxygen atoms in total. The van der Waals surface area contributed by atoms with E-state index in [1.165, 1.54) is 6.42 Å². The van der Waals surface area contributed by atoms with Crippen LogP contribution >= 0.6 is 0 Å². The molecule has 0 bridgehead atoms.